The lowest BCUT2D eigenvalue weighted by Gasteiger charge is -2.27. The molecule has 0 saturated carbocycles. The minimum atomic E-state index is -0.621. The monoisotopic (exact) mass is 259 g/mol. The van der Waals surface area contributed by atoms with E-state index in [9.17, 15) is 9.90 Å². The van der Waals surface area contributed by atoms with Gasteiger partial charge >= 0.3 is 5.97 Å². The van der Waals surface area contributed by atoms with Gasteiger partial charge in [0.25, 0.3) is 0 Å². The lowest BCUT2D eigenvalue weighted by atomic mass is 9.84. The summed E-state index contributed by atoms with van der Waals surface area (Å²) in [6, 6.07) is 9.04. The van der Waals surface area contributed by atoms with Crippen LogP contribution in [0.15, 0.2) is 24.3 Å². The van der Waals surface area contributed by atoms with Crippen LogP contribution in [-0.2, 0) is 11.2 Å². The van der Waals surface area contributed by atoms with Crippen LogP contribution >= 0.6 is 0 Å². The van der Waals surface area contributed by atoms with Gasteiger partial charge in [-0.15, -0.1) is 0 Å². The van der Waals surface area contributed by atoms with E-state index in [1.807, 2.05) is 6.92 Å². The predicted octanol–water partition coefficient (Wildman–Crippen LogP) is 2.86. The van der Waals surface area contributed by atoms with E-state index in [4.69, 9.17) is 0 Å². The fourth-order valence-electron chi connectivity index (χ4n) is 3.70. The van der Waals surface area contributed by atoms with E-state index in [0.29, 0.717) is 12.6 Å². The van der Waals surface area contributed by atoms with Crippen molar-refractivity contribution in [3.63, 3.8) is 0 Å². The summed E-state index contributed by atoms with van der Waals surface area (Å²) in [4.78, 5) is 13.9. The number of fused-ring (bicyclic) bond motifs is 1. The maximum atomic E-state index is 11.5. The summed E-state index contributed by atoms with van der Waals surface area (Å²) in [5.41, 5.74) is 2.34. The van der Waals surface area contributed by atoms with Crippen molar-refractivity contribution in [3.05, 3.63) is 35.4 Å². The quantitative estimate of drug-likeness (QED) is 0.907. The zero-order valence-corrected chi connectivity index (χ0v) is 11.4. The minimum Gasteiger partial charge on any atom is -0.481 e. The van der Waals surface area contributed by atoms with Gasteiger partial charge in [-0.3, -0.25) is 9.69 Å². The third kappa shape index (κ3) is 1.96. The minimum absolute atomic E-state index is 0.434. The molecule has 1 aliphatic heterocycles. The molecule has 2 aliphatic rings. The molecule has 0 radical (unpaired) electrons. The van der Waals surface area contributed by atoms with Crippen LogP contribution in [0.2, 0.25) is 0 Å². The summed E-state index contributed by atoms with van der Waals surface area (Å²) in [6.45, 7) is 3.62. The molecule has 0 aromatic heterocycles. The van der Waals surface area contributed by atoms with Crippen molar-refractivity contribution in [3.8, 4) is 0 Å². The van der Waals surface area contributed by atoms with Gasteiger partial charge in [-0.25, -0.2) is 0 Å². The number of rotatable bonds is 3. The van der Waals surface area contributed by atoms with E-state index in [-0.39, 0.29) is 0 Å². The van der Waals surface area contributed by atoms with Gasteiger partial charge in [-0.05, 0) is 43.4 Å². The molecule has 1 saturated heterocycles. The van der Waals surface area contributed by atoms with Crippen LogP contribution in [0, 0.1) is 5.41 Å². The van der Waals surface area contributed by atoms with Crippen molar-refractivity contribution < 1.29 is 9.90 Å². The smallest absolute Gasteiger partial charge is 0.310 e. The second kappa shape index (κ2) is 4.64. The molecule has 102 valence electrons. The number of hydrogen-bond donors (Lipinski definition) is 1. The molecule has 2 atom stereocenters. The van der Waals surface area contributed by atoms with Gasteiger partial charge in [0.05, 0.1) is 5.41 Å². The lowest BCUT2D eigenvalue weighted by molar-refractivity contribution is -0.148. The second-order valence-corrected chi connectivity index (χ2v) is 5.91. The van der Waals surface area contributed by atoms with Crippen molar-refractivity contribution in [2.24, 2.45) is 5.41 Å². The summed E-state index contributed by atoms with van der Waals surface area (Å²) in [7, 11) is 0. The average molecular weight is 259 g/mol. The Morgan fingerprint density at radius 1 is 1.47 bits per heavy atom. The van der Waals surface area contributed by atoms with Crippen LogP contribution in [0.4, 0.5) is 0 Å². The van der Waals surface area contributed by atoms with E-state index in [2.05, 4.69) is 29.2 Å². The Bertz CT molecular complexity index is 499. The molecule has 0 bridgehead atoms. The van der Waals surface area contributed by atoms with Gasteiger partial charge in [-0.1, -0.05) is 31.2 Å². The highest BCUT2D eigenvalue weighted by Gasteiger charge is 2.45. The Hall–Kier alpha value is -1.35. The van der Waals surface area contributed by atoms with E-state index >= 15 is 0 Å². The number of aliphatic carboxylic acids is 1. The number of carboxylic acids is 1. The maximum Gasteiger partial charge on any atom is 0.310 e. The van der Waals surface area contributed by atoms with E-state index in [0.717, 1.165) is 32.2 Å². The SMILES string of the molecule is CCC1(C(=O)O)CCN(C2CCc3ccccc32)C1. The highest BCUT2D eigenvalue weighted by molar-refractivity contribution is 5.75. The molecule has 0 amide bonds. The zero-order valence-electron chi connectivity index (χ0n) is 11.4. The van der Waals surface area contributed by atoms with Crippen LogP contribution < -0.4 is 0 Å². The summed E-state index contributed by atoms with van der Waals surface area (Å²) < 4.78 is 0. The summed E-state index contributed by atoms with van der Waals surface area (Å²) in [6.07, 6.45) is 3.78. The van der Waals surface area contributed by atoms with Gasteiger partial charge in [0.15, 0.2) is 0 Å². The molecular formula is C16H21NO2. The third-order valence-electron chi connectivity index (χ3n) is 5.06. The van der Waals surface area contributed by atoms with E-state index in [1.165, 1.54) is 11.1 Å². The Labute approximate surface area is 114 Å². The Kier molecular flexibility index (Phi) is 3.09. The van der Waals surface area contributed by atoms with Crippen LogP contribution in [0.3, 0.4) is 0 Å². The number of likely N-dealkylation sites (tertiary alicyclic amines) is 1. The Balaban J connectivity index is 1.82. The molecular weight excluding hydrogens is 238 g/mol. The van der Waals surface area contributed by atoms with Gasteiger partial charge in [0, 0.05) is 12.6 Å². The first kappa shape index (κ1) is 12.7. The highest BCUT2D eigenvalue weighted by atomic mass is 16.4. The molecule has 1 N–H and O–H groups in total. The topological polar surface area (TPSA) is 40.5 Å². The maximum absolute atomic E-state index is 11.5. The van der Waals surface area contributed by atoms with Crippen LogP contribution in [0.25, 0.3) is 0 Å². The normalized spacial score (nSPS) is 30.5. The van der Waals surface area contributed by atoms with Gasteiger partial charge < -0.3 is 5.11 Å². The van der Waals surface area contributed by atoms with Gasteiger partial charge in [0.2, 0.25) is 0 Å². The first-order valence-electron chi connectivity index (χ1n) is 7.21. The van der Waals surface area contributed by atoms with Crippen molar-refractivity contribution >= 4 is 5.97 Å². The summed E-state index contributed by atoms with van der Waals surface area (Å²) in [5, 5.41) is 9.49. The third-order valence-corrected chi connectivity index (χ3v) is 5.06. The number of aryl methyl sites for hydroxylation is 1. The molecule has 3 nitrogen and oxygen atoms in total. The molecule has 0 spiro atoms. The summed E-state index contributed by atoms with van der Waals surface area (Å²) >= 11 is 0. The summed E-state index contributed by atoms with van der Waals surface area (Å²) in [5.74, 6) is -0.621. The lowest BCUT2D eigenvalue weighted by Crippen LogP contribution is -2.35. The predicted molar refractivity (Wildman–Crippen MR) is 74.1 cm³/mol. The van der Waals surface area contributed by atoms with Crippen LogP contribution in [-0.4, -0.2) is 29.1 Å². The van der Waals surface area contributed by atoms with Gasteiger partial charge in [0.1, 0.15) is 0 Å². The number of benzene rings is 1. The Morgan fingerprint density at radius 2 is 2.26 bits per heavy atom. The molecule has 3 rings (SSSR count). The van der Waals surface area contributed by atoms with Gasteiger partial charge in [-0.2, -0.15) is 0 Å². The highest BCUT2D eigenvalue weighted by Crippen LogP contribution is 2.43. The Morgan fingerprint density at radius 3 is 2.95 bits per heavy atom. The number of hydrogen-bond acceptors (Lipinski definition) is 2. The largest absolute Gasteiger partial charge is 0.481 e. The molecule has 2 unspecified atom stereocenters. The zero-order chi connectivity index (χ0) is 13.5. The molecule has 3 heteroatoms. The fourth-order valence-corrected chi connectivity index (χ4v) is 3.70. The first-order valence-corrected chi connectivity index (χ1v) is 7.21. The van der Waals surface area contributed by atoms with Crippen LogP contribution in [0.5, 0.6) is 0 Å². The molecule has 19 heavy (non-hydrogen) atoms. The second-order valence-electron chi connectivity index (χ2n) is 5.91. The number of carboxylic acid groups (broad SMARTS) is 1. The van der Waals surface area contributed by atoms with Crippen molar-refractivity contribution in [2.75, 3.05) is 13.1 Å². The average Bonchev–Trinajstić information content (AvgIpc) is 3.03. The standard InChI is InChI=1S/C16H21NO2/c1-2-16(15(18)19)9-10-17(11-16)14-8-7-12-5-3-4-6-13(12)14/h3-6,14H,2,7-11H2,1H3,(H,18,19). The fraction of sp³-hybridized carbons (Fsp3) is 0.562. The molecule has 1 fully saturated rings. The van der Waals surface area contributed by atoms with Crippen molar-refractivity contribution in [2.45, 2.75) is 38.6 Å². The number of carbonyl (C=O) groups is 1. The number of nitrogens with zero attached hydrogens (tertiary/aromatic N) is 1. The van der Waals surface area contributed by atoms with Crippen molar-refractivity contribution in [1.82, 2.24) is 4.90 Å². The molecule has 1 heterocycles. The van der Waals surface area contributed by atoms with Crippen molar-refractivity contribution in [1.29, 1.82) is 0 Å². The van der Waals surface area contributed by atoms with E-state index in [1.54, 1.807) is 0 Å². The van der Waals surface area contributed by atoms with E-state index < -0.39 is 11.4 Å². The first-order chi connectivity index (χ1) is 9.16. The molecule has 1 aromatic carbocycles. The molecule has 1 aromatic rings. The molecule has 1 aliphatic carbocycles. The van der Waals surface area contributed by atoms with Crippen LogP contribution in [0.1, 0.15) is 43.4 Å².